The van der Waals surface area contributed by atoms with Crippen molar-refractivity contribution in [2.45, 2.75) is 38.3 Å². The van der Waals surface area contributed by atoms with Crippen LogP contribution in [0.15, 0.2) is 39.9 Å². The molecule has 0 aliphatic carbocycles. The third-order valence-electron chi connectivity index (χ3n) is 6.19. The molecule has 0 spiro atoms. The maximum atomic E-state index is 12.8. The number of aromatic amines is 1. The van der Waals surface area contributed by atoms with Crippen molar-refractivity contribution in [3.05, 3.63) is 72.2 Å². The highest BCUT2D eigenvalue weighted by atomic mass is 35.5. The lowest BCUT2D eigenvalue weighted by Gasteiger charge is -2.17. The van der Waals surface area contributed by atoms with Crippen LogP contribution in [0.1, 0.15) is 43.5 Å². The van der Waals surface area contributed by atoms with Crippen molar-refractivity contribution < 1.29 is 9.50 Å². The van der Waals surface area contributed by atoms with E-state index in [1.165, 1.54) is 17.7 Å². The maximum Gasteiger partial charge on any atom is 0.274 e. The standard InChI is InChI=1S/C24H24ClN5O4/c1-14(27-20-7-6-16(12-26)29(2)24(20)32)18-9-15-10-19(25)22(11-21(15)28-23(18)31)34-13-17-5-3-4-8-30(17)33/h6-7,9-11,14,17,27H,3-5,8,13H2,1-2H3/p+1. The summed E-state index contributed by atoms with van der Waals surface area (Å²) in [6.07, 6.45) is 2.67. The van der Waals surface area contributed by atoms with Gasteiger partial charge in [0, 0.05) is 46.6 Å². The third kappa shape index (κ3) is 4.68. The first-order chi connectivity index (χ1) is 16.3. The quantitative estimate of drug-likeness (QED) is 0.517. The number of halogens is 1. The van der Waals surface area contributed by atoms with Gasteiger partial charge in [-0.2, -0.15) is 5.26 Å². The van der Waals surface area contributed by atoms with Crippen molar-refractivity contribution in [1.29, 1.82) is 5.26 Å². The first-order valence-electron chi connectivity index (χ1n) is 11.1. The van der Waals surface area contributed by atoms with E-state index in [0.717, 1.165) is 24.0 Å². The van der Waals surface area contributed by atoms with Crippen LogP contribution in [0, 0.1) is 16.2 Å². The molecule has 2 aromatic heterocycles. The van der Waals surface area contributed by atoms with Crippen LogP contribution >= 0.6 is 11.6 Å². The summed E-state index contributed by atoms with van der Waals surface area (Å²) in [5, 5.41) is 13.2. The number of anilines is 1. The molecule has 34 heavy (non-hydrogen) atoms. The lowest BCUT2D eigenvalue weighted by Crippen LogP contribution is -2.34. The normalized spacial score (nSPS) is 16.8. The third-order valence-corrected chi connectivity index (χ3v) is 6.48. The van der Waals surface area contributed by atoms with E-state index in [-0.39, 0.29) is 35.1 Å². The van der Waals surface area contributed by atoms with Gasteiger partial charge in [0.25, 0.3) is 11.1 Å². The van der Waals surface area contributed by atoms with Gasteiger partial charge in [0.2, 0.25) is 6.04 Å². The summed E-state index contributed by atoms with van der Waals surface area (Å²) in [4.78, 5) is 40.1. The number of nitriles is 1. The molecular formula is C24H25ClN5O4+. The molecule has 0 bridgehead atoms. The molecule has 1 aromatic carbocycles. The van der Waals surface area contributed by atoms with Crippen molar-refractivity contribution in [1.82, 2.24) is 9.55 Å². The Morgan fingerprint density at radius 3 is 2.85 bits per heavy atom. The van der Waals surface area contributed by atoms with E-state index in [0.29, 0.717) is 33.8 Å². The van der Waals surface area contributed by atoms with E-state index < -0.39 is 6.04 Å². The number of H-pyrrole nitrogens is 1. The molecule has 1 aliphatic heterocycles. The Kier molecular flexibility index (Phi) is 6.70. The van der Waals surface area contributed by atoms with Crippen molar-refractivity contribution in [3.63, 3.8) is 0 Å². The van der Waals surface area contributed by atoms with Crippen LogP contribution in [0.5, 0.6) is 5.75 Å². The van der Waals surface area contributed by atoms with Gasteiger partial charge in [-0.1, -0.05) is 11.6 Å². The molecule has 9 nitrogen and oxygen atoms in total. The van der Waals surface area contributed by atoms with Gasteiger partial charge in [-0.15, -0.1) is 0 Å². The number of pyridine rings is 2. The highest BCUT2D eigenvalue weighted by molar-refractivity contribution is 6.32. The van der Waals surface area contributed by atoms with Crippen LogP contribution in [0.25, 0.3) is 10.9 Å². The smallest absolute Gasteiger partial charge is 0.274 e. The molecule has 2 atom stereocenters. The number of hydrogen-bond acceptors (Lipinski definition) is 6. The Hall–Kier alpha value is -3.64. The van der Waals surface area contributed by atoms with Crippen molar-refractivity contribution in [2.24, 2.45) is 7.05 Å². The van der Waals surface area contributed by atoms with Crippen molar-refractivity contribution >= 4 is 28.2 Å². The molecule has 0 saturated carbocycles. The van der Waals surface area contributed by atoms with Gasteiger partial charge in [0.05, 0.1) is 16.6 Å². The minimum Gasteiger partial charge on any atom is -0.485 e. The van der Waals surface area contributed by atoms with Gasteiger partial charge in [-0.05, 0) is 37.6 Å². The van der Waals surface area contributed by atoms with E-state index >= 15 is 0 Å². The van der Waals surface area contributed by atoms with Gasteiger partial charge in [-0.3, -0.25) is 9.59 Å². The Bertz CT molecular complexity index is 1420. The summed E-state index contributed by atoms with van der Waals surface area (Å²) in [5.74, 6) is 0.406. The second-order valence-corrected chi connectivity index (χ2v) is 8.91. The number of fused-ring (bicyclic) bond motifs is 1. The molecule has 1 saturated heterocycles. The number of nitrogens with one attached hydrogen (secondary N) is 2. The minimum absolute atomic E-state index is 0.205. The summed E-state index contributed by atoms with van der Waals surface area (Å²) in [5.41, 5.74) is 0.827. The Morgan fingerprint density at radius 2 is 2.12 bits per heavy atom. The zero-order valence-corrected chi connectivity index (χ0v) is 19.7. The number of nitrogens with zero attached hydrogens (tertiary/aromatic N) is 3. The molecule has 2 unspecified atom stereocenters. The van der Waals surface area contributed by atoms with Crippen LogP contribution in [-0.2, 0) is 7.05 Å². The van der Waals surface area contributed by atoms with Gasteiger partial charge < -0.3 is 19.6 Å². The Morgan fingerprint density at radius 1 is 1.32 bits per heavy atom. The van der Waals surface area contributed by atoms with E-state index in [1.54, 1.807) is 31.2 Å². The van der Waals surface area contributed by atoms with Crippen molar-refractivity contribution in [3.8, 4) is 11.8 Å². The minimum atomic E-state index is -0.488. The van der Waals surface area contributed by atoms with E-state index in [4.69, 9.17) is 21.6 Å². The first kappa shape index (κ1) is 23.5. The molecule has 1 fully saturated rings. The van der Waals surface area contributed by atoms with Gasteiger partial charge in [-0.25, -0.2) is 0 Å². The summed E-state index contributed by atoms with van der Waals surface area (Å²) in [7, 11) is 1.52. The fourth-order valence-corrected chi connectivity index (χ4v) is 4.38. The van der Waals surface area contributed by atoms with Gasteiger partial charge in [0.1, 0.15) is 23.2 Å². The number of ether oxygens (including phenoxy) is 1. The predicted octanol–water partition coefficient (Wildman–Crippen LogP) is 3.64. The predicted molar refractivity (Wildman–Crippen MR) is 130 cm³/mol. The largest absolute Gasteiger partial charge is 0.485 e. The fourth-order valence-electron chi connectivity index (χ4n) is 4.15. The number of nitroso groups, excluding NO2 is 1. The van der Waals surface area contributed by atoms with E-state index in [1.807, 2.05) is 6.07 Å². The van der Waals surface area contributed by atoms with Crippen LogP contribution in [-0.4, -0.2) is 33.5 Å². The topological polar surface area (TPSA) is 120 Å². The first-order valence-corrected chi connectivity index (χ1v) is 11.5. The number of aromatic nitrogens is 2. The molecule has 3 heterocycles. The Balaban J connectivity index is 1.57. The fraction of sp³-hybridized carbons (Fsp3) is 0.375. The molecule has 10 heteroatoms. The highest BCUT2D eigenvalue weighted by Crippen LogP contribution is 2.30. The average molecular weight is 483 g/mol. The molecule has 3 aromatic rings. The number of piperidine rings is 1. The number of rotatable bonds is 6. The molecule has 176 valence electrons. The Labute approximate surface area is 200 Å². The van der Waals surface area contributed by atoms with Crippen LogP contribution in [0.4, 0.5) is 5.69 Å². The summed E-state index contributed by atoms with van der Waals surface area (Å²) in [6, 6.07) is 9.42. The lowest BCUT2D eigenvalue weighted by molar-refractivity contribution is -0.597. The van der Waals surface area contributed by atoms with E-state index in [9.17, 15) is 14.5 Å². The SMILES string of the molecule is CC(Nc1ccc(C#N)n(C)c1=O)c1cc2cc(Cl)c(OCC3CCCC[N+]3=O)cc2[nH]c1=O. The molecule has 1 aliphatic rings. The summed E-state index contributed by atoms with van der Waals surface area (Å²) < 4.78 is 8.13. The average Bonchev–Trinajstić information content (AvgIpc) is 2.81. The second kappa shape index (κ2) is 9.69. The molecule has 4 rings (SSSR count). The monoisotopic (exact) mass is 482 g/mol. The summed E-state index contributed by atoms with van der Waals surface area (Å²) in [6.45, 7) is 2.51. The zero-order chi connectivity index (χ0) is 24.4. The maximum absolute atomic E-state index is 12.8. The van der Waals surface area contributed by atoms with Gasteiger partial charge in [0.15, 0.2) is 13.2 Å². The highest BCUT2D eigenvalue weighted by Gasteiger charge is 2.29. The van der Waals surface area contributed by atoms with Crippen LogP contribution < -0.4 is 21.2 Å². The lowest BCUT2D eigenvalue weighted by atomic mass is 10.1. The second-order valence-electron chi connectivity index (χ2n) is 8.50. The molecule has 0 amide bonds. The molecular weight excluding hydrogens is 458 g/mol. The van der Waals surface area contributed by atoms with Crippen LogP contribution in [0.2, 0.25) is 5.02 Å². The number of hydrogen-bond donors (Lipinski definition) is 2. The van der Waals surface area contributed by atoms with E-state index in [2.05, 4.69) is 10.3 Å². The molecule has 2 N–H and O–H groups in total. The number of benzene rings is 1. The van der Waals surface area contributed by atoms with Gasteiger partial charge >= 0.3 is 0 Å². The van der Waals surface area contributed by atoms with Crippen LogP contribution in [0.3, 0.4) is 0 Å². The van der Waals surface area contributed by atoms with Crippen molar-refractivity contribution in [2.75, 3.05) is 18.5 Å². The molecule has 0 radical (unpaired) electrons. The summed E-state index contributed by atoms with van der Waals surface area (Å²) >= 11 is 6.43. The zero-order valence-electron chi connectivity index (χ0n) is 18.9.